The van der Waals surface area contributed by atoms with Crippen molar-refractivity contribution in [2.24, 2.45) is 0 Å². The molecule has 0 fully saturated rings. The molecular formula is C19H24BrN3O2. The highest BCUT2D eigenvalue weighted by molar-refractivity contribution is 9.10. The Morgan fingerprint density at radius 3 is 2.72 bits per heavy atom. The van der Waals surface area contributed by atoms with Gasteiger partial charge in [0.1, 0.15) is 5.75 Å². The van der Waals surface area contributed by atoms with E-state index in [0.29, 0.717) is 29.8 Å². The number of hydrogen-bond donors (Lipinski definition) is 1. The van der Waals surface area contributed by atoms with E-state index in [1.165, 1.54) is 6.20 Å². The molecule has 0 bridgehead atoms. The minimum atomic E-state index is -0.124. The van der Waals surface area contributed by atoms with Crippen LogP contribution in [0.2, 0.25) is 0 Å². The van der Waals surface area contributed by atoms with Gasteiger partial charge in [-0.05, 0) is 44.7 Å². The third-order valence-electron chi connectivity index (χ3n) is 3.84. The van der Waals surface area contributed by atoms with Crippen LogP contribution >= 0.6 is 15.9 Å². The zero-order valence-corrected chi connectivity index (χ0v) is 16.4. The summed E-state index contributed by atoms with van der Waals surface area (Å²) in [6.07, 6.45) is 1.53. The van der Waals surface area contributed by atoms with Crippen LogP contribution in [-0.2, 0) is 0 Å². The zero-order valence-electron chi connectivity index (χ0n) is 14.8. The van der Waals surface area contributed by atoms with Gasteiger partial charge in [-0.2, -0.15) is 0 Å². The Hall–Kier alpha value is -1.92. The van der Waals surface area contributed by atoms with Crippen LogP contribution in [0, 0.1) is 0 Å². The minimum absolute atomic E-state index is 0.124. The van der Waals surface area contributed by atoms with Crippen molar-refractivity contribution in [2.45, 2.75) is 26.8 Å². The quantitative estimate of drug-likeness (QED) is 0.718. The summed E-state index contributed by atoms with van der Waals surface area (Å²) >= 11 is 3.40. The van der Waals surface area contributed by atoms with E-state index in [1.807, 2.05) is 24.3 Å². The van der Waals surface area contributed by atoms with Crippen molar-refractivity contribution in [3.8, 4) is 11.6 Å². The number of carbonyl (C=O) groups is 1. The van der Waals surface area contributed by atoms with Crippen LogP contribution in [0.5, 0.6) is 11.6 Å². The molecule has 1 aromatic carbocycles. The van der Waals surface area contributed by atoms with E-state index in [-0.39, 0.29) is 5.91 Å². The second-order valence-corrected chi connectivity index (χ2v) is 6.84. The molecule has 1 aromatic heterocycles. The number of carbonyl (C=O) groups excluding carboxylic acids is 1. The van der Waals surface area contributed by atoms with E-state index in [2.05, 4.69) is 51.9 Å². The van der Waals surface area contributed by atoms with Gasteiger partial charge in [0.25, 0.3) is 5.91 Å². The molecule has 0 radical (unpaired) electrons. The molecule has 25 heavy (non-hydrogen) atoms. The Bertz CT molecular complexity index is 689. The van der Waals surface area contributed by atoms with Gasteiger partial charge in [0, 0.05) is 35.9 Å². The number of nitrogens with one attached hydrogen (secondary N) is 1. The van der Waals surface area contributed by atoms with Gasteiger partial charge in [-0.1, -0.05) is 28.9 Å². The molecule has 5 nitrogen and oxygen atoms in total. The van der Waals surface area contributed by atoms with Gasteiger partial charge in [0.15, 0.2) is 0 Å². The minimum Gasteiger partial charge on any atom is -0.439 e. The molecular weight excluding hydrogens is 382 g/mol. The third kappa shape index (κ3) is 6.14. The third-order valence-corrected chi connectivity index (χ3v) is 4.33. The predicted molar refractivity (Wildman–Crippen MR) is 103 cm³/mol. The van der Waals surface area contributed by atoms with Crippen molar-refractivity contribution in [3.63, 3.8) is 0 Å². The van der Waals surface area contributed by atoms with E-state index in [0.717, 1.165) is 17.6 Å². The monoisotopic (exact) mass is 405 g/mol. The fraction of sp³-hybridized carbons (Fsp3) is 0.368. The highest BCUT2D eigenvalue weighted by Gasteiger charge is 2.09. The first-order valence-electron chi connectivity index (χ1n) is 8.41. The predicted octanol–water partition coefficient (Wildman–Crippen LogP) is 4.10. The van der Waals surface area contributed by atoms with Crippen LogP contribution in [0.1, 0.15) is 31.1 Å². The summed E-state index contributed by atoms with van der Waals surface area (Å²) in [5.41, 5.74) is 0.522. The number of nitrogens with zero attached hydrogens (tertiary/aromatic N) is 2. The molecule has 2 aromatic rings. The molecule has 1 heterocycles. The Kier molecular flexibility index (Phi) is 7.40. The number of benzene rings is 1. The lowest BCUT2D eigenvalue weighted by atomic mass is 10.2. The SMILES string of the molecule is CCN(CCNC(=O)c1ccc(Oc2cccc(Br)c2)nc1)C(C)C. The Morgan fingerprint density at radius 1 is 1.32 bits per heavy atom. The largest absolute Gasteiger partial charge is 0.439 e. The molecule has 1 N–H and O–H groups in total. The fourth-order valence-electron chi connectivity index (χ4n) is 2.42. The molecule has 0 spiro atoms. The lowest BCUT2D eigenvalue weighted by Crippen LogP contribution is -2.38. The summed E-state index contributed by atoms with van der Waals surface area (Å²) < 4.78 is 6.60. The summed E-state index contributed by atoms with van der Waals surface area (Å²) in [5, 5.41) is 2.93. The molecule has 0 unspecified atom stereocenters. The van der Waals surface area contributed by atoms with Crippen molar-refractivity contribution in [1.29, 1.82) is 0 Å². The highest BCUT2D eigenvalue weighted by Crippen LogP contribution is 2.22. The maximum Gasteiger partial charge on any atom is 0.252 e. The van der Waals surface area contributed by atoms with E-state index >= 15 is 0 Å². The highest BCUT2D eigenvalue weighted by atomic mass is 79.9. The molecule has 0 aliphatic carbocycles. The standard InChI is InChI=1S/C19H24BrN3O2/c1-4-23(14(2)3)11-10-21-19(24)15-8-9-18(22-13-15)25-17-7-5-6-16(20)12-17/h5-9,12-14H,4,10-11H2,1-3H3,(H,21,24). The molecule has 0 saturated heterocycles. The smallest absolute Gasteiger partial charge is 0.252 e. The first kappa shape index (κ1) is 19.4. The number of halogens is 1. The van der Waals surface area contributed by atoms with Gasteiger partial charge in [-0.25, -0.2) is 4.98 Å². The number of pyridine rings is 1. The Labute approximate surface area is 157 Å². The summed E-state index contributed by atoms with van der Waals surface area (Å²) in [6.45, 7) is 8.84. The lowest BCUT2D eigenvalue weighted by molar-refractivity contribution is 0.0945. The van der Waals surface area contributed by atoms with Crippen LogP contribution in [0.3, 0.4) is 0 Å². The molecule has 6 heteroatoms. The summed E-state index contributed by atoms with van der Waals surface area (Å²) in [7, 11) is 0. The van der Waals surface area contributed by atoms with Crippen molar-refractivity contribution < 1.29 is 9.53 Å². The zero-order chi connectivity index (χ0) is 18.2. The maximum absolute atomic E-state index is 12.2. The van der Waals surface area contributed by atoms with E-state index in [1.54, 1.807) is 12.1 Å². The molecule has 2 rings (SSSR count). The number of likely N-dealkylation sites (N-methyl/N-ethyl adjacent to an activating group) is 1. The van der Waals surface area contributed by atoms with Gasteiger partial charge in [0.05, 0.1) is 5.56 Å². The van der Waals surface area contributed by atoms with Gasteiger partial charge in [-0.3, -0.25) is 9.69 Å². The molecule has 0 aliphatic heterocycles. The number of rotatable bonds is 8. The number of ether oxygens (including phenoxy) is 1. The number of aromatic nitrogens is 1. The molecule has 1 amide bonds. The van der Waals surface area contributed by atoms with E-state index in [4.69, 9.17) is 4.74 Å². The fourth-order valence-corrected chi connectivity index (χ4v) is 2.80. The summed E-state index contributed by atoms with van der Waals surface area (Å²) in [5.74, 6) is 1.01. The van der Waals surface area contributed by atoms with Gasteiger partial charge >= 0.3 is 0 Å². The Balaban J connectivity index is 1.87. The van der Waals surface area contributed by atoms with Gasteiger partial charge in [0.2, 0.25) is 5.88 Å². The second kappa shape index (κ2) is 9.53. The van der Waals surface area contributed by atoms with Crippen LogP contribution < -0.4 is 10.1 Å². The van der Waals surface area contributed by atoms with Crippen LogP contribution in [0.4, 0.5) is 0 Å². The summed E-state index contributed by atoms with van der Waals surface area (Å²) in [6, 6.07) is 11.4. The average molecular weight is 406 g/mol. The Morgan fingerprint density at radius 2 is 2.12 bits per heavy atom. The number of hydrogen-bond acceptors (Lipinski definition) is 4. The first-order chi connectivity index (χ1) is 12.0. The summed E-state index contributed by atoms with van der Waals surface area (Å²) in [4.78, 5) is 18.7. The number of amides is 1. The van der Waals surface area contributed by atoms with Gasteiger partial charge < -0.3 is 10.1 Å². The molecule has 0 aliphatic rings. The van der Waals surface area contributed by atoms with E-state index in [9.17, 15) is 4.79 Å². The van der Waals surface area contributed by atoms with Gasteiger partial charge in [-0.15, -0.1) is 0 Å². The van der Waals surface area contributed by atoms with Crippen molar-refractivity contribution >= 4 is 21.8 Å². The average Bonchev–Trinajstić information content (AvgIpc) is 2.59. The molecule has 0 saturated carbocycles. The topological polar surface area (TPSA) is 54.5 Å². The molecule has 0 atom stereocenters. The van der Waals surface area contributed by atoms with Crippen LogP contribution in [0.15, 0.2) is 47.1 Å². The van der Waals surface area contributed by atoms with Crippen molar-refractivity contribution in [3.05, 3.63) is 52.6 Å². The van der Waals surface area contributed by atoms with Crippen molar-refractivity contribution in [1.82, 2.24) is 15.2 Å². The van der Waals surface area contributed by atoms with Crippen molar-refractivity contribution in [2.75, 3.05) is 19.6 Å². The molecule has 134 valence electrons. The van der Waals surface area contributed by atoms with Crippen LogP contribution in [-0.4, -0.2) is 41.5 Å². The first-order valence-corrected chi connectivity index (χ1v) is 9.20. The second-order valence-electron chi connectivity index (χ2n) is 5.92. The van der Waals surface area contributed by atoms with Crippen LogP contribution in [0.25, 0.3) is 0 Å². The normalized spacial score (nSPS) is 11.0. The van der Waals surface area contributed by atoms with E-state index < -0.39 is 0 Å². The maximum atomic E-state index is 12.2. The lowest BCUT2D eigenvalue weighted by Gasteiger charge is -2.24.